The van der Waals surface area contributed by atoms with Crippen molar-refractivity contribution in [1.29, 1.82) is 0 Å². The molecule has 0 radical (unpaired) electrons. The number of aliphatic imine (C=N–C) groups is 1. The average Bonchev–Trinajstić information content (AvgIpc) is 2.72. The van der Waals surface area contributed by atoms with E-state index in [-0.39, 0.29) is 24.0 Å². The topological polar surface area (TPSA) is 55.8 Å². The number of halogens is 1. The first kappa shape index (κ1) is 24.9. The molecule has 160 valence electrons. The largest absolute Gasteiger partial charge is 0.357 e. The number of aromatic nitrogens is 1. The van der Waals surface area contributed by atoms with Gasteiger partial charge in [-0.05, 0) is 51.3 Å². The summed E-state index contributed by atoms with van der Waals surface area (Å²) in [7, 11) is 1.83. The van der Waals surface area contributed by atoms with Crippen LogP contribution in [0.1, 0.15) is 52.0 Å². The van der Waals surface area contributed by atoms with Gasteiger partial charge in [0.25, 0.3) is 0 Å². The zero-order valence-electron chi connectivity index (χ0n) is 18.1. The van der Waals surface area contributed by atoms with Gasteiger partial charge in [0.05, 0.1) is 0 Å². The number of rotatable bonds is 9. The van der Waals surface area contributed by atoms with E-state index in [1.165, 1.54) is 32.2 Å². The minimum absolute atomic E-state index is 0. The van der Waals surface area contributed by atoms with Crippen molar-refractivity contribution in [2.45, 2.75) is 59.0 Å². The Balaban J connectivity index is 0.00000392. The number of guanidine groups is 1. The summed E-state index contributed by atoms with van der Waals surface area (Å²) >= 11 is 0. The van der Waals surface area contributed by atoms with Crippen LogP contribution in [-0.4, -0.2) is 61.7 Å². The molecule has 0 aliphatic carbocycles. The molecule has 0 bridgehead atoms. The third kappa shape index (κ3) is 7.73. The van der Waals surface area contributed by atoms with E-state index in [0.29, 0.717) is 0 Å². The summed E-state index contributed by atoms with van der Waals surface area (Å²) in [6.07, 6.45) is 7.27. The fourth-order valence-electron chi connectivity index (χ4n) is 3.80. The number of piperidine rings is 1. The zero-order valence-corrected chi connectivity index (χ0v) is 20.4. The van der Waals surface area contributed by atoms with Crippen LogP contribution < -0.4 is 15.5 Å². The van der Waals surface area contributed by atoms with Crippen LogP contribution in [0.3, 0.4) is 0 Å². The molecule has 2 rings (SSSR count). The lowest BCUT2D eigenvalue weighted by atomic mass is 10.0. The van der Waals surface area contributed by atoms with Gasteiger partial charge >= 0.3 is 0 Å². The molecule has 1 atom stereocenters. The van der Waals surface area contributed by atoms with Gasteiger partial charge in [0, 0.05) is 52.0 Å². The summed E-state index contributed by atoms with van der Waals surface area (Å²) < 4.78 is 0. The Kier molecular flexibility index (Phi) is 12.5. The second-order valence-electron chi connectivity index (χ2n) is 7.14. The third-order valence-electron chi connectivity index (χ3n) is 5.49. The monoisotopic (exact) mass is 502 g/mol. The Morgan fingerprint density at radius 1 is 1.21 bits per heavy atom. The van der Waals surface area contributed by atoms with Crippen molar-refractivity contribution >= 4 is 35.8 Å². The molecule has 6 nitrogen and oxygen atoms in total. The lowest BCUT2D eigenvalue weighted by molar-refractivity contribution is 0.147. The molecular weight excluding hydrogens is 463 g/mol. The van der Waals surface area contributed by atoms with Crippen molar-refractivity contribution in [1.82, 2.24) is 20.5 Å². The van der Waals surface area contributed by atoms with Crippen LogP contribution in [0.2, 0.25) is 0 Å². The molecular formula is C21H39IN6. The smallest absolute Gasteiger partial charge is 0.191 e. The molecule has 1 aliphatic heterocycles. The van der Waals surface area contributed by atoms with E-state index in [9.17, 15) is 0 Å². The van der Waals surface area contributed by atoms with E-state index in [2.05, 4.69) is 63.3 Å². The number of nitrogens with zero attached hydrogens (tertiary/aromatic N) is 4. The quantitative estimate of drug-likeness (QED) is 0.308. The van der Waals surface area contributed by atoms with Gasteiger partial charge in [0.1, 0.15) is 5.82 Å². The molecule has 28 heavy (non-hydrogen) atoms. The van der Waals surface area contributed by atoms with Gasteiger partial charge < -0.3 is 15.5 Å². The number of anilines is 1. The molecule has 1 saturated heterocycles. The number of likely N-dealkylation sites (tertiary alicyclic amines) is 1. The highest BCUT2D eigenvalue weighted by Gasteiger charge is 2.19. The van der Waals surface area contributed by atoms with Gasteiger partial charge in [-0.2, -0.15) is 0 Å². The summed E-state index contributed by atoms with van der Waals surface area (Å²) in [4.78, 5) is 13.8. The molecule has 1 aromatic rings. The SMILES string of the molecule is CCC1CCCCN1CCNC(=NC)NCc1ccc(N(CC)CC)nc1.I. The minimum Gasteiger partial charge on any atom is -0.357 e. The van der Waals surface area contributed by atoms with E-state index in [4.69, 9.17) is 0 Å². The Morgan fingerprint density at radius 3 is 2.61 bits per heavy atom. The maximum absolute atomic E-state index is 4.58. The molecule has 0 aromatic carbocycles. The molecule has 1 fully saturated rings. The molecule has 1 aromatic heterocycles. The highest BCUT2D eigenvalue weighted by atomic mass is 127. The Morgan fingerprint density at radius 2 is 2.00 bits per heavy atom. The molecule has 0 spiro atoms. The van der Waals surface area contributed by atoms with Crippen molar-refractivity contribution < 1.29 is 0 Å². The molecule has 0 amide bonds. The number of nitrogens with one attached hydrogen (secondary N) is 2. The molecule has 2 heterocycles. The number of hydrogen-bond donors (Lipinski definition) is 2. The van der Waals surface area contributed by atoms with Gasteiger partial charge in [-0.1, -0.05) is 19.4 Å². The van der Waals surface area contributed by atoms with Crippen molar-refractivity contribution in [3.8, 4) is 0 Å². The zero-order chi connectivity index (χ0) is 19.5. The summed E-state index contributed by atoms with van der Waals surface area (Å²) in [6.45, 7) is 12.5. The normalized spacial score (nSPS) is 17.7. The van der Waals surface area contributed by atoms with Crippen molar-refractivity contribution in [3.63, 3.8) is 0 Å². The lowest BCUT2D eigenvalue weighted by Gasteiger charge is -2.35. The average molecular weight is 502 g/mol. The van der Waals surface area contributed by atoms with Crippen LogP contribution in [0.25, 0.3) is 0 Å². The summed E-state index contributed by atoms with van der Waals surface area (Å²) in [5, 5.41) is 6.84. The second kappa shape index (κ2) is 14.0. The summed E-state index contributed by atoms with van der Waals surface area (Å²) in [5.41, 5.74) is 1.16. The van der Waals surface area contributed by atoms with Crippen molar-refractivity contribution in [2.24, 2.45) is 4.99 Å². The van der Waals surface area contributed by atoms with Crippen LogP contribution in [0, 0.1) is 0 Å². The van der Waals surface area contributed by atoms with Crippen LogP contribution in [0.15, 0.2) is 23.3 Å². The second-order valence-corrected chi connectivity index (χ2v) is 7.14. The Hall–Kier alpha value is -1.09. The first-order valence-corrected chi connectivity index (χ1v) is 10.6. The predicted molar refractivity (Wildman–Crippen MR) is 131 cm³/mol. The summed E-state index contributed by atoms with van der Waals surface area (Å²) in [5.74, 6) is 1.89. The van der Waals surface area contributed by atoms with Crippen LogP contribution >= 0.6 is 24.0 Å². The third-order valence-corrected chi connectivity index (χ3v) is 5.49. The van der Waals surface area contributed by atoms with Gasteiger partial charge in [-0.25, -0.2) is 4.98 Å². The van der Waals surface area contributed by atoms with E-state index in [1.54, 1.807) is 0 Å². The van der Waals surface area contributed by atoms with Crippen LogP contribution in [-0.2, 0) is 6.54 Å². The molecule has 1 unspecified atom stereocenters. The lowest BCUT2D eigenvalue weighted by Crippen LogP contribution is -2.45. The predicted octanol–water partition coefficient (Wildman–Crippen LogP) is 3.48. The number of hydrogen-bond acceptors (Lipinski definition) is 4. The van der Waals surface area contributed by atoms with Gasteiger partial charge in [0.2, 0.25) is 0 Å². The van der Waals surface area contributed by atoms with E-state index >= 15 is 0 Å². The molecule has 2 N–H and O–H groups in total. The van der Waals surface area contributed by atoms with Crippen LogP contribution in [0.4, 0.5) is 5.82 Å². The molecule has 7 heteroatoms. The van der Waals surface area contributed by atoms with Crippen molar-refractivity contribution in [2.75, 3.05) is 44.7 Å². The Labute approximate surface area is 188 Å². The standard InChI is InChI=1S/C21H38N6.HI/c1-5-19-10-8-9-14-27(19)15-13-23-21(22-4)25-17-18-11-12-20(24-16-18)26(6-2)7-3;/h11-12,16,19H,5-10,13-15,17H2,1-4H3,(H2,22,23,25);1H. The van der Waals surface area contributed by atoms with E-state index in [0.717, 1.165) is 56.1 Å². The first-order chi connectivity index (χ1) is 13.2. The maximum atomic E-state index is 4.58. The van der Waals surface area contributed by atoms with Gasteiger partial charge in [0.15, 0.2) is 5.96 Å². The van der Waals surface area contributed by atoms with E-state index in [1.807, 2.05) is 13.2 Å². The highest BCUT2D eigenvalue weighted by molar-refractivity contribution is 14.0. The van der Waals surface area contributed by atoms with Crippen LogP contribution in [0.5, 0.6) is 0 Å². The van der Waals surface area contributed by atoms with E-state index < -0.39 is 0 Å². The maximum Gasteiger partial charge on any atom is 0.191 e. The fourth-order valence-corrected chi connectivity index (χ4v) is 3.80. The van der Waals surface area contributed by atoms with Gasteiger partial charge in [-0.3, -0.25) is 9.89 Å². The minimum atomic E-state index is 0. The first-order valence-electron chi connectivity index (χ1n) is 10.6. The van der Waals surface area contributed by atoms with Gasteiger partial charge in [-0.15, -0.1) is 24.0 Å². The number of pyridine rings is 1. The fraction of sp³-hybridized carbons (Fsp3) is 0.714. The Bertz CT molecular complexity index is 559. The highest BCUT2D eigenvalue weighted by Crippen LogP contribution is 2.18. The van der Waals surface area contributed by atoms with Crippen molar-refractivity contribution in [3.05, 3.63) is 23.9 Å². The summed E-state index contributed by atoms with van der Waals surface area (Å²) in [6, 6.07) is 4.99. The molecule has 0 saturated carbocycles. The molecule has 1 aliphatic rings.